The monoisotopic (exact) mass is 492 g/mol. The minimum atomic E-state index is -2.76. The number of amides is 1. The van der Waals surface area contributed by atoms with Crippen molar-refractivity contribution in [2.24, 2.45) is 0 Å². The van der Waals surface area contributed by atoms with Crippen LogP contribution in [0.2, 0.25) is 0 Å². The lowest BCUT2D eigenvalue weighted by Gasteiger charge is -2.26. The van der Waals surface area contributed by atoms with Crippen LogP contribution in [0.1, 0.15) is 46.6 Å². The minimum Gasteiger partial charge on any atom is -0.489 e. The fraction of sp³-hybridized carbons (Fsp3) is 0.409. The number of nitrogens with zero attached hydrogens (tertiary/aromatic N) is 5. The quantitative estimate of drug-likeness (QED) is 0.439. The lowest BCUT2D eigenvalue weighted by molar-refractivity contribution is 0.0589. The molecule has 0 aliphatic rings. The molecule has 0 unspecified atom stereocenters. The molecule has 0 radical (unpaired) electrons. The van der Waals surface area contributed by atoms with Crippen molar-refractivity contribution >= 4 is 34.3 Å². The molecule has 0 bridgehead atoms. The van der Waals surface area contributed by atoms with Gasteiger partial charge >= 0.3 is 6.09 Å². The molecule has 1 N–H and O–H groups in total. The first kappa shape index (κ1) is 25.2. The standard InChI is InChI=1S/C22H26F2N6O3S/c1-12(2)32-14-7-8-15(25-11-14)18-27-20(34-29-18)28-19-16(9-13(10-26-19)17(23)24)30(6)21(31)33-22(3,4)5/h7-12,17H,1-6H3,(H,26,27,28,29). The molecule has 0 atom stereocenters. The molecule has 3 aromatic heterocycles. The number of hydrogen-bond acceptors (Lipinski definition) is 9. The van der Waals surface area contributed by atoms with Crippen LogP contribution in [-0.2, 0) is 4.74 Å². The van der Waals surface area contributed by atoms with Crippen LogP contribution in [-0.4, -0.2) is 44.2 Å². The molecule has 12 heteroatoms. The van der Waals surface area contributed by atoms with E-state index in [4.69, 9.17) is 9.47 Å². The lowest BCUT2D eigenvalue weighted by atomic mass is 10.2. The van der Waals surface area contributed by atoms with Crippen molar-refractivity contribution in [3.8, 4) is 17.3 Å². The Morgan fingerprint density at radius 1 is 1.18 bits per heavy atom. The number of halogens is 2. The van der Waals surface area contributed by atoms with Gasteiger partial charge in [0.2, 0.25) is 5.13 Å². The molecule has 3 aromatic rings. The Kier molecular flexibility index (Phi) is 7.60. The summed E-state index contributed by atoms with van der Waals surface area (Å²) in [4.78, 5) is 26.5. The number of carbonyl (C=O) groups is 1. The molecule has 34 heavy (non-hydrogen) atoms. The summed E-state index contributed by atoms with van der Waals surface area (Å²) in [7, 11) is 1.42. The van der Waals surface area contributed by atoms with E-state index in [1.165, 1.54) is 13.1 Å². The van der Waals surface area contributed by atoms with Gasteiger partial charge in [0.15, 0.2) is 11.6 Å². The summed E-state index contributed by atoms with van der Waals surface area (Å²) in [5.74, 6) is 1.15. The molecule has 0 spiro atoms. The number of rotatable bonds is 7. The molecule has 0 aliphatic carbocycles. The average molecular weight is 493 g/mol. The van der Waals surface area contributed by atoms with Gasteiger partial charge in [0.25, 0.3) is 6.43 Å². The zero-order chi connectivity index (χ0) is 25.0. The van der Waals surface area contributed by atoms with E-state index in [-0.39, 0.29) is 23.2 Å². The summed E-state index contributed by atoms with van der Waals surface area (Å²) < 4.78 is 41.8. The van der Waals surface area contributed by atoms with Gasteiger partial charge in [0.05, 0.1) is 18.0 Å². The van der Waals surface area contributed by atoms with E-state index >= 15 is 0 Å². The molecule has 1 amide bonds. The fourth-order valence-electron chi connectivity index (χ4n) is 2.70. The van der Waals surface area contributed by atoms with Crippen molar-refractivity contribution in [3.05, 3.63) is 36.2 Å². The predicted octanol–water partition coefficient (Wildman–Crippen LogP) is 5.83. The second-order valence-electron chi connectivity index (χ2n) is 8.57. The Balaban J connectivity index is 1.85. The van der Waals surface area contributed by atoms with Crippen LogP contribution >= 0.6 is 11.5 Å². The van der Waals surface area contributed by atoms with Crippen molar-refractivity contribution in [2.45, 2.75) is 52.7 Å². The summed E-state index contributed by atoms with van der Waals surface area (Å²) in [6, 6.07) is 4.69. The maximum absolute atomic E-state index is 13.3. The minimum absolute atomic E-state index is 0.0258. The van der Waals surface area contributed by atoms with Crippen molar-refractivity contribution in [3.63, 3.8) is 0 Å². The Bertz CT molecular complexity index is 1130. The van der Waals surface area contributed by atoms with Gasteiger partial charge in [-0.25, -0.2) is 23.5 Å². The first-order valence-corrected chi connectivity index (χ1v) is 11.2. The average Bonchev–Trinajstić information content (AvgIpc) is 3.20. The number of nitrogens with one attached hydrogen (secondary N) is 1. The largest absolute Gasteiger partial charge is 0.489 e. The van der Waals surface area contributed by atoms with Gasteiger partial charge in [-0.1, -0.05) is 0 Å². The number of pyridine rings is 2. The van der Waals surface area contributed by atoms with Crippen LogP contribution in [0.5, 0.6) is 5.75 Å². The van der Waals surface area contributed by atoms with E-state index in [0.29, 0.717) is 22.4 Å². The molecular formula is C22H26F2N6O3S. The SMILES string of the molecule is CC(C)Oc1ccc(-c2nsc(Nc3ncc(C(F)F)cc3N(C)C(=O)OC(C)(C)C)n2)nc1. The van der Waals surface area contributed by atoms with Crippen molar-refractivity contribution in [2.75, 3.05) is 17.3 Å². The second-order valence-corrected chi connectivity index (χ2v) is 9.32. The molecule has 0 aliphatic heterocycles. The maximum atomic E-state index is 13.3. The van der Waals surface area contributed by atoms with Crippen LogP contribution < -0.4 is 15.0 Å². The maximum Gasteiger partial charge on any atom is 0.414 e. The van der Waals surface area contributed by atoms with Gasteiger partial charge in [0, 0.05) is 30.3 Å². The Hall–Kier alpha value is -3.41. The third-order valence-electron chi connectivity index (χ3n) is 4.16. The number of anilines is 3. The van der Waals surface area contributed by atoms with Crippen molar-refractivity contribution < 1.29 is 23.0 Å². The third kappa shape index (κ3) is 6.56. The van der Waals surface area contributed by atoms with Gasteiger partial charge in [-0.2, -0.15) is 9.36 Å². The third-order valence-corrected chi connectivity index (χ3v) is 4.79. The zero-order valence-electron chi connectivity index (χ0n) is 19.7. The smallest absolute Gasteiger partial charge is 0.414 e. The highest BCUT2D eigenvalue weighted by molar-refractivity contribution is 7.09. The number of hydrogen-bond donors (Lipinski definition) is 1. The molecule has 182 valence electrons. The number of alkyl halides is 2. The summed E-state index contributed by atoms with van der Waals surface area (Å²) in [5, 5.41) is 3.29. The van der Waals surface area contributed by atoms with Crippen LogP contribution in [0.15, 0.2) is 30.6 Å². The Morgan fingerprint density at radius 2 is 1.91 bits per heavy atom. The van der Waals surface area contributed by atoms with Gasteiger partial charge in [-0.15, -0.1) is 0 Å². The number of ether oxygens (including phenoxy) is 2. The van der Waals surface area contributed by atoms with Crippen molar-refractivity contribution in [1.29, 1.82) is 0 Å². The summed E-state index contributed by atoms with van der Waals surface area (Å²) in [6.07, 6.45) is -0.820. The van der Waals surface area contributed by atoms with Crippen LogP contribution in [0, 0.1) is 0 Å². The van der Waals surface area contributed by atoms with E-state index in [9.17, 15) is 13.6 Å². The Labute approximate surface area is 200 Å². The van der Waals surface area contributed by atoms with Crippen LogP contribution in [0.4, 0.5) is 30.2 Å². The predicted molar refractivity (Wildman–Crippen MR) is 126 cm³/mol. The van der Waals surface area contributed by atoms with Gasteiger partial charge < -0.3 is 14.8 Å². The lowest BCUT2D eigenvalue weighted by Crippen LogP contribution is -2.34. The number of carbonyl (C=O) groups excluding carboxylic acids is 1. The first-order chi connectivity index (χ1) is 15.9. The molecule has 0 saturated heterocycles. The molecule has 3 heterocycles. The molecule has 0 fully saturated rings. The molecule has 9 nitrogen and oxygen atoms in total. The van der Waals surface area contributed by atoms with Crippen LogP contribution in [0.25, 0.3) is 11.5 Å². The highest BCUT2D eigenvalue weighted by atomic mass is 32.1. The fourth-order valence-corrected chi connectivity index (χ4v) is 3.28. The molecular weight excluding hydrogens is 466 g/mol. The van der Waals surface area contributed by atoms with Gasteiger partial charge in [-0.05, 0) is 52.8 Å². The van der Waals surface area contributed by atoms with E-state index < -0.39 is 18.1 Å². The summed E-state index contributed by atoms with van der Waals surface area (Å²) in [6.45, 7) is 8.98. The molecule has 0 aromatic carbocycles. The van der Waals surface area contributed by atoms with E-state index in [2.05, 4.69) is 24.6 Å². The Morgan fingerprint density at radius 3 is 2.50 bits per heavy atom. The molecule has 3 rings (SSSR count). The van der Waals surface area contributed by atoms with Crippen LogP contribution in [0.3, 0.4) is 0 Å². The highest BCUT2D eigenvalue weighted by Gasteiger charge is 2.25. The second kappa shape index (κ2) is 10.2. The van der Waals surface area contributed by atoms with E-state index in [1.807, 2.05) is 13.8 Å². The zero-order valence-corrected chi connectivity index (χ0v) is 20.5. The summed E-state index contributed by atoms with van der Waals surface area (Å²) in [5.41, 5.74) is -0.449. The summed E-state index contributed by atoms with van der Waals surface area (Å²) >= 11 is 1.04. The van der Waals surface area contributed by atoms with E-state index in [1.54, 1.807) is 39.1 Å². The molecule has 0 saturated carbocycles. The van der Waals surface area contributed by atoms with E-state index in [0.717, 1.165) is 22.6 Å². The highest BCUT2D eigenvalue weighted by Crippen LogP contribution is 2.32. The number of aromatic nitrogens is 4. The van der Waals surface area contributed by atoms with Gasteiger partial charge in [0.1, 0.15) is 17.0 Å². The first-order valence-electron chi connectivity index (χ1n) is 10.4. The van der Waals surface area contributed by atoms with Gasteiger partial charge in [-0.3, -0.25) is 4.90 Å². The topological polar surface area (TPSA) is 102 Å². The van der Waals surface area contributed by atoms with Crippen molar-refractivity contribution in [1.82, 2.24) is 19.3 Å². The normalized spacial score (nSPS) is 11.6.